The number of nitrogens with zero attached hydrogens (tertiary/aromatic N) is 4. The van der Waals surface area contributed by atoms with Gasteiger partial charge in [0.2, 0.25) is 5.91 Å². The van der Waals surface area contributed by atoms with Gasteiger partial charge in [-0.25, -0.2) is 4.99 Å². The van der Waals surface area contributed by atoms with Gasteiger partial charge in [-0.2, -0.15) is 0 Å². The number of likely N-dealkylation sites (N-methyl/N-ethyl adjacent to an activating group) is 1. The quantitative estimate of drug-likeness (QED) is 0.445. The van der Waals surface area contributed by atoms with E-state index in [4.69, 9.17) is 9.73 Å². The molecule has 0 aliphatic carbocycles. The standard InChI is InChI=1S/C20H40N4O4/c1-11-14(4)18(15(28-10)12-16(25)26)24(9)19(27)17(13(2)3)21-20(22(5)6)23(7)8/h13-15,17-18H,11-12H2,1-10H3,(H,25,26)/t14-,15+,17?,18-/m0/s1. The summed E-state index contributed by atoms with van der Waals surface area (Å²) >= 11 is 0. The Kier molecular flexibility index (Phi) is 11.1. The third kappa shape index (κ3) is 7.30. The number of amides is 1. The number of carboxylic acid groups (broad SMARTS) is 1. The normalized spacial score (nSPS) is 15.4. The van der Waals surface area contributed by atoms with Crippen LogP contribution in [-0.2, 0) is 14.3 Å². The predicted octanol–water partition coefficient (Wildman–Crippen LogP) is 1.85. The molecule has 0 aromatic heterocycles. The number of ether oxygens (including phenoxy) is 1. The molecule has 8 nitrogen and oxygen atoms in total. The van der Waals surface area contributed by atoms with Crippen molar-refractivity contribution in [2.24, 2.45) is 16.8 Å². The molecule has 164 valence electrons. The first-order valence-electron chi connectivity index (χ1n) is 9.82. The van der Waals surface area contributed by atoms with Gasteiger partial charge in [0.25, 0.3) is 0 Å². The number of carboxylic acids is 1. The highest BCUT2D eigenvalue weighted by molar-refractivity contribution is 5.87. The fourth-order valence-corrected chi connectivity index (χ4v) is 3.36. The van der Waals surface area contributed by atoms with Crippen LogP contribution in [0.15, 0.2) is 4.99 Å². The van der Waals surface area contributed by atoms with Crippen LogP contribution < -0.4 is 0 Å². The summed E-state index contributed by atoms with van der Waals surface area (Å²) in [5.74, 6) is -0.301. The SMILES string of the molecule is CC[C@H](C)[C@@H]([C@@H](CC(=O)O)OC)N(C)C(=O)C(N=C(N(C)C)N(C)C)C(C)C. The molecule has 0 rings (SSSR count). The zero-order valence-corrected chi connectivity index (χ0v) is 19.3. The molecule has 0 radical (unpaired) electrons. The van der Waals surface area contributed by atoms with Gasteiger partial charge in [0.1, 0.15) is 6.04 Å². The summed E-state index contributed by atoms with van der Waals surface area (Å²) in [5, 5.41) is 9.26. The lowest BCUT2D eigenvalue weighted by atomic mass is 9.90. The summed E-state index contributed by atoms with van der Waals surface area (Å²) in [5.41, 5.74) is 0. The lowest BCUT2D eigenvalue weighted by Crippen LogP contribution is -2.53. The van der Waals surface area contributed by atoms with Gasteiger partial charge in [0.05, 0.1) is 18.6 Å². The van der Waals surface area contributed by atoms with E-state index in [0.717, 1.165) is 6.42 Å². The minimum absolute atomic E-state index is 0.0112. The monoisotopic (exact) mass is 400 g/mol. The van der Waals surface area contributed by atoms with Gasteiger partial charge in [-0.15, -0.1) is 0 Å². The van der Waals surface area contributed by atoms with Crippen molar-refractivity contribution < 1.29 is 19.4 Å². The highest BCUT2D eigenvalue weighted by Gasteiger charge is 2.37. The molecule has 0 saturated heterocycles. The van der Waals surface area contributed by atoms with Crippen LogP contribution in [0.25, 0.3) is 0 Å². The second-order valence-electron chi connectivity index (χ2n) is 8.10. The average molecular weight is 401 g/mol. The number of rotatable bonds is 10. The third-order valence-electron chi connectivity index (χ3n) is 5.02. The molecule has 1 N–H and O–H groups in total. The van der Waals surface area contributed by atoms with Crippen LogP contribution in [0.5, 0.6) is 0 Å². The molecular weight excluding hydrogens is 360 g/mol. The second kappa shape index (κ2) is 11.9. The Morgan fingerprint density at radius 1 is 1.04 bits per heavy atom. The fraction of sp³-hybridized carbons (Fsp3) is 0.850. The lowest BCUT2D eigenvalue weighted by molar-refractivity contribution is -0.146. The Morgan fingerprint density at radius 3 is 1.86 bits per heavy atom. The number of hydrogen-bond donors (Lipinski definition) is 1. The second-order valence-corrected chi connectivity index (χ2v) is 8.10. The summed E-state index contributed by atoms with van der Waals surface area (Å²) in [7, 11) is 10.8. The maximum absolute atomic E-state index is 13.4. The highest BCUT2D eigenvalue weighted by atomic mass is 16.5. The summed E-state index contributed by atoms with van der Waals surface area (Å²) in [4.78, 5) is 34.8. The molecule has 0 aromatic rings. The average Bonchev–Trinajstić information content (AvgIpc) is 2.59. The van der Waals surface area contributed by atoms with Gasteiger partial charge in [-0.05, 0) is 11.8 Å². The summed E-state index contributed by atoms with van der Waals surface area (Å²) in [6.07, 6.45) is 0.0672. The van der Waals surface area contributed by atoms with Crippen LogP contribution in [0.1, 0.15) is 40.5 Å². The van der Waals surface area contributed by atoms with E-state index in [1.807, 2.05) is 65.7 Å². The van der Waals surface area contributed by atoms with Crippen molar-refractivity contribution >= 4 is 17.8 Å². The fourth-order valence-electron chi connectivity index (χ4n) is 3.36. The molecule has 0 bridgehead atoms. The van der Waals surface area contributed by atoms with Gasteiger partial charge < -0.3 is 24.5 Å². The number of methoxy groups -OCH3 is 1. The molecule has 1 unspecified atom stereocenters. The molecular formula is C20H40N4O4. The van der Waals surface area contributed by atoms with Crippen LogP contribution in [0.3, 0.4) is 0 Å². The molecule has 0 fully saturated rings. The smallest absolute Gasteiger partial charge is 0.306 e. The van der Waals surface area contributed by atoms with Crippen LogP contribution in [0, 0.1) is 11.8 Å². The first-order valence-corrected chi connectivity index (χ1v) is 9.82. The van der Waals surface area contributed by atoms with E-state index in [-0.39, 0.29) is 30.2 Å². The minimum atomic E-state index is -0.943. The topological polar surface area (TPSA) is 85.7 Å². The van der Waals surface area contributed by atoms with E-state index >= 15 is 0 Å². The van der Waals surface area contributed by atoms with Crippen LogP contribution in [0.4, 0.5) is 0 Å². The van der Waals surface area contributed by atoms with E-state index in [9.17, 15) is 14.7 Å². The van der Waals surface area contributed by atoms with Crippen molar-refractivity contribution in [3.63, 3.8) is 0 Å². The van der Waals surface area contributed by atoms with Gasteiger partial charge >= 0.3 is 5.97 Å². The van der Waals surface area contributed by atoms with Gasteiger partial charge in [-0.3, -0.25) is 9.59 Å². The lowest BCUT2D eigenvalue weighted by Gasteiger charge is -2.39. The number of carbonyl (C=O) groups is 2. The molecule has 0 aromatic carbocycles. The zero-order valence-electron chi connectivity index (χ0n) is 19.3. The first kappa shape index (κ1) is 26.2. The van der Waals surface area contributed by atoms with Crippen molar-refractivity contribution in [1.82, 2.24) is 14.7 Å². The van der Waals surface area contributed by atoms with Crippen molar-refractivity contribution in [3.8, 4) is 0 Å². The maximum Gasteiger partial charge on any atom is 0.306 e. The number of guanidine groups is 1. The van der Waals surface area contributed by atoms with Crippen LogP contribution in [-0.4, -0.2) is 98.2 Å². The van der Waals surface area contributed by atoms with E-state index < -0.39 is 18.1 Å². The number of aliphatic carboxylic acids is 1. The molecule has 0 saturated carbocycles. The molecule has 28 heavy (non-hydrogen) atoms. The molecule has 0 heterocycles. The Labute approximate surface area is 170 Å². The van der Waals surface area contributed by atoms with Gasteiger partial charge in [0.15, 0.2) is 5.96 Å². The highest BCUT2D eigenvalue weighted by Crippen LogP contribution is 2.24. The maximum atomic E-state index is 13.4. The number of carbonyl (C=O) groups excluding carboxylic acids is 1. The van der Waals surface area contributed by atoms with Crippen LogP contribution in [0.2, 0.25) is 0 Å². The first-order chi connectivity index (χ1) is 12.9. The molecule has 4 atom stereocenters. The molecule has 8 heteroatoms. The van der Waals surface area contributed by atoms with Crippen molar-refractivity contribution in [2.75, 3.05) is 42.3 Å². The Bertz CT molecular complexity index is 524. The Morgan fingerprint density at radius 2 is 1.54 bits per heavy atom. The predicted molar refractivity (Wildman–Crippen MR) is 112 cm³/mol. The third-order valence-corrected chi connectivity index (χ3v) is 5.02. The summed E-state index contributed by atoms with van der Waals surface area (Å²) in [6.45, 7) is 7.97. The van der Waals surface area contributed by atoms with Crippen LogP contribution >= 0.6 is 0 Å². The number of aliphatic imine (C=N–C) groups is 1. The number of hydrogen-bond acceptors (Lipinski definition) is 4. The minimum Gasteiger partial charge on any atom is -0.481 e. The molecule has 1 amide bonds. The van der Waals surface area contributed by atoms with Gasteiger partial charge in [-0.1, -0.05) is 34.1 Å². The van der Waals surface area contributed by atoms with E-state index in [1.165, 1.54) is 7.11 Å². The van der Waals surface area contributed by atoms with Crippen molar-refractivity contribution in [3.05, 3.63) is 0 Å². The zero-order chi connectivity index (χ0) is 22.2. The van der Waals surface area contributed by atoms with E-state index in [0.29, 0.717) is 5.96 Å². The van der Waals surface area contributed by atoms with Crippen molar-refractivity contribution in [1.29, 1.82) is 0 Å². The summed E-state index contributed by atoms with van der Waals surface area (Å²) in [6, 6.07) is -0.920. The molecule has 0 aliphatic heterocycles. The Balaban J connectivity index is 5.98. The Hall–Kier alpha value is -1.83. The largest absolute Gasteiger partial charge is 0.481 e. The molecule has 0 aliphatic rings. The van der Waals surface area contributed by atoms with Crippen molar-refractivity contribution in [2.45, 2.75) is 58.7 Å². The van der Waals surface area contributed by atoms with E-state index in [1.54, 1.807) is 11.9 Å². The molecule has 0 spiro atoms. The summed E-state index contributed by atoms with van der Waals surface area (Å²) < 4.78 is 5.49. The van der Waals surface area contributed by atoms with Gasteiger partial charge in [0, 0.05) is 42.3 Å². The van der Waals surface area contributed by atoms with E-state index in [2.05, 4.69) is 0 Å².